The Balaban J connectivity index is 1.82. The molecular formula is C15H22N2O4S. The van der Waals surface area contributed by atoms with E-state index in [1.165, 1.54) is 12.1 Å². The summed E-state index contributed by atoms with van der Waals surface area (Å²) in [7, 11) is -3.20. The smallest absolute Gasteiger partial charge is 0.226 e. The second kappa shape index (κ2) is 7.11. The predicted octanol–water partition coefficient (Wildman–Crippen LogP) is 0.679. The standard InChI is InChI=1S/C15H22N2O4S/c1-12-11-16-8-9-17(12)15(18)7-10-21-13-3-5-14(6-4-13)22(2,19)20/h3-6,12,16H,7-11H2,1-2H3/t12-/m1/s1. The highest BCUT2D eigenvalue weighted by molar-refractivity contribution is 7.90. The van der Waals surface area contributed by atoms with Gasteiger partial charge in [-0.05, 0) is 31.2 Å². The third-order valence-corrected chi connectivity index (χ3v) is 4.79. The van der Waals surface area contributed by atoms with E-state index in [1.807, 2.05) is 11.8 Å². The Bertz CT molecular complexity index is 613. The summed E-state index contributed by atoms with van der Waals surface area (Å²) in [5.41, 5.74) is 0. The lowest BCUT2D eigenvalue weighted by atomic mass is 10.2. The van der Waals surface area contributed by atoms with E-state index in [2.05, 4.69) is 5.32 Å². The van der Waals surface area contributed by atoms with Gasteiger partial charge in [-0.2, -0.15) is 0 Å². The fourth-order valence-corrected chi connectivity index (χ4v) is 3.02. The molecule has 1 aromatic rings. The van der Waals surface area contributed by atoms with Crippen molar-refractivity contribution in [3.8, 4) is 5.75 Å². The van der Waals surface area contributed by atoms with Crippen LogP contribution in [0.25, 0.3) is 0 Å². The highest BCUT2D eigenvalue weighted by Crippen LogP contribution is 2.16. The molecule has 122 valence electrons. The molecule has 6 nitrogen and oxygen atoms in total. The van der Waals surface area contributed by atoms with Crippen LogP contribution in [0.3, 0.4) is 0 Å². The van der Waals surface area contributed by atoms with Gasteiger partial charge in [-0.1, -0.05) is 0 Å². The molecule has 1 amide bonds. The first-order valence-electron chi connectivity index (χ1n) is 7.31. The number of benzene rings is 1. The maximum Gasteiger partial charge on any atom is 0.226 e. The van der Waals surface area contributed by atoms with Crippen LogP contribution in [0, 0.1) is 0 Å². The highest BCUT2D eigenvalue weighted by Gasteiger charge is 2.22. The molecule has 2 rings (SSSR count). The molecule has 0 unspecified atom stereocenters. The number of carbonyl (C=O) groups excluding carboxylic acids is 1. The van der Waals surface area contributed by atoms with Gasteiger partial charge in [0.1, 0.15) is 5.75 Å². The fourth-order valence-electron chi connectivity index (χ4n) is 2.39. The first kappa shape index (κ1) is 16.8. The molecule has 1 fully saturated rings. The number of sulfone groups is 1. The molecule has 0 aromatic heterocycles. The van der Waals surface area contributed by atoms with Crippen LogP contribution in [0.15, 0.2) is 29.2 Å². The summed E-state index contributed by atoms with van der Waals surface area (Å²) in [4.78, 5) is 14.2. The molecule has 22 heavy (non-hydrogen) atoms. The van der Waals surface area contributed by atoms with Gasteiger partial charge in [-0.15, -0.1) is 0 Å². The number of rotatable bonds is 5. The van der Waals surface area contributed by atoms with E-state index in [9.17, 15) is 13.2 Å². The zero-order valence-corrected chi connectivity index (χ0v) is 13.7. The van der Waals surface area contributed by atoms with E-state index in [1.54, 1.807) is 12.1 Å². The molecule has 1 aliphatic heterocycles. The third-order valence-electron chi connectivity index (χ3n) is 3.66. The van der Waals surface area contributed by atoms with Crippen LogP contribution >= 0.6 is 0 Å². The molecule has 1 aromatic carbocycles. The molecule has 1 heterocycles. The normalized spacial score (nSPS) is 19.0. The largest absolute Gasteiger partial charge is 0.493 e. The molecule has 1 saturated heterocycles. The second-order valence-corrected chi connectivity index (χ2v) is 7.50. The van der Waals surface area contributed by atoms with E-state index >= 15 is 0 Å². The number of carbonyl (C=O) groups is 1. The van der Waals surface area contributed by atoms with Gasteiger partial charge in [-0.25, -0.2) is 8.42 Å². The zero-order valence-electron chi connectivity index (χ0n) is 12.9. The number of hydrogen-bond acceptors (Lipinski definition) is 5. The maximum absolute atomic E-state index is 12.1. The Morgan fingerprint density at radius 3 is 2.64 bits per heavy atom. The summed E-state index contributed by atoms with van der Waals surface area (Å²) >= 11 is 0. The van der Waals surface area contributed by atoms with Crippen LogP contribution in [-0.2, 0) is 14.6 Å². The molecular weight excluding hydrogens is 304 g/mol. The highest BCUT2D eigenvalue weighted by atomic mass is 32.2. The minimum atomic E-state index is -3.20. The van der Waals surface area contributed by atoms with E-state index in [-0.39, 0.29) is 23.5 Å². The molecule has 0 bridgehead atoms. The number of amides is 1. The summed E-state index contributed by atoms with van der Waals surface area (Å²) in [6, 6.07) is 6.42. The van der Waals surface area contributed by atoms with E-state index in [4.69, 9.17) is 4.74 Å². The Hall–Kier alpha value is -1.60. The van der Waals surface area contributed by atoms with Crippen LogP contribution < -0.4 is 10.1 Å². The molecule has 1 aliphatic rings. The first-order chi connectivity index (χ1) is 10.4. The van der Waals surface area contributed by atoms with Crippen molar-refractivity contribution in [2.75, 3.05) is 32.5 Å². The molecule has 7 heteroatoms. The molecule has 0 aliphatic carbocycles. The van der Waals surface area contributed by atoms with Crippen molar-refractivity contribution in [1.82, 2.24) is 10.2 Å². The lowest BCUT2D eigenvalue weighted by Crippen LogP contribution is -2.52. The lowest BCUT2D eigenvalue weighted by molar-refractivity contribution is -0.134. The molecule has 1 N–H and O–H groups in total. The minimum absolute atomic E-state index is 0.0850. The summed E-state index contributed by atoms with van der Waals surface area (Å²) in [5.74, 6) is 0.648. The van der Waals surface area contributed by atoms with Gasteiger partial charge >= 0.3 is 0 Å². The van der Waals surface area contributed by atoms with E-state index in [0.717, 1.165) is 25.9 Å². The Labute approximate surface area is 131 Å². The summed E-state index contributed by atoms with van der Waals surface area (Å²) < 4.78 is 28.2. The quantitative estimate of drug-likeness (QED) is 0.861. The van der Waals surface area contributed by atoms with Crippen molar-refractivity contribution in [3.05, 3.63) is 24.3 Å². The van der Waals surface area contributed by atoms with Crippen molar-refractivity contribution in [2.45, 2.75) is 24.3 Å². The van der Waals surface area contributed by atoms with Crippen molar-refractivity contribution >= 4 is 15.7 Å². The Morgan fingerprint density at radius 1 is 1.36 bits per heavy atom. The number of nitrogens with zero attached hydrogens (tertiary/aromatic N) is 1. The minimum Gasteiger partial charge on any atom is -0.493 e. The molecule has 0 spiro atoms. The van der Waals surface area contributed by atoms with Crippen LogP contribution in [0.2, 0.25) is 0 Å². The van der Waals surface area contributed by atoms with Crippen LogP contribution in [0.5, 0.6) is 5.75 Å². The van der Waals surface area contributed by atoms with Crippen LogP contribution in [-0.4, -0.2) is 57.8 Å². The first-order valence-corrected chi connectivity index (χ1v) is 9.20. The van der Waals surface area contributed by atoms with Crippen LogP contribution in [0.1, 0.15) is 13.3 Å². The second-order valence-electron chi connectivity index (χ2n) is 5.48. The van der Waals surface area contributed by atoms with Gasteiger partial charge in [-0.3, -0.25) is 4.79 Å². The summed E-state index contributed by atoms with van der Waals surface area (Å²) in [5, 5.41) is 3.24. The average molecular weight is 326 g/mol. The zero-order chi connectivity index (χ0) is 16.2. The van der Waals surface area contributed by atoms with E-state index < -0.39 is 9.84 Å². The Morgan fingerprint density at radius 2 is 2.05 bits per heavy atom. The number of nitrogens with one attached hydrogen (secondary N) is 1. The third kappa shape index (κ3) is 4.45. The van der Waals surface area contributed by atoms with Gasteiger partial charge in [0.15, 0.2) is 9.84 Å². The van der Waals surface area contributed by atoms with Crippen molar-refractivity contribution in [1.29, 1.82) is 0 Å². The van der Waals surface area contributed by atoms with Gasteiger partial charge < -0.3 is 15.0 Å². The average Bonchev–Trinajstić information content (AvgIpc) is 2.47. The summed E-state index contributed by atoms with van der Waals surface area (Å²) in [6.45, 7) is 4.68. The molecule has 0 saturated carbocycles. The monoisotopic (exact) mass is 326 g/mol. The lowest BCUT2D eigenvalue weighted by Gasteiger charge is -2.34. The van der Waals surface area contributed by atoms with E-state index in [0.29, 0.717) is 12.2 Å². The number of hydrogen-bond donors (Lipinski definition) is 1. The number of ether oxygens (including phenoxy) is 1. The topological polar surface area (TPSA) is 75.7 Å². The Kier molecular flexibility index (Phi) is 5.42. The molecule has 0 radical (unpaired) electrons. The molecule has 1 atom stereocenters. The van der Waals surface area contributed by atoms with Gasteiger partial charge in [0.2, 0.25) is 5.91 Å². The van der Waals surface area contributed by atoms with Gasteiger partial charge in [0.25, 0.3) is 0 Å². The fraction of sp³-hybridized carbons (Fsp3) is 0.533. The number of piperazine rings is 1. The SMILES string of the molecule is C[C@@H]1CNCCN1C(=O)CCOc1ccc(S(C)(=O)=O)cc1. The predicted molar refractivity (Wildman–Crippen MR) is 83.7 cm³/mol. The van der Waals surface area contributed by atoms with Crippen molar-refractivity contribution in [3.63, 3.8) is 0 Å². The van der Waals surface area contributed by atoms with Crippen molar-refractivity contribution < 1.29 is 17.9 Å². The van der Waals surface area contributed by atoms with Crippen LogP contribution in [0.4, 0.5) is 0 Å². The maximum atomic E-state index is 12.1. The van der Waals surface area contributed by atoms with Gasteiger partial charge in [0.05, 0.1) is 17.9 Å². The van der Waals surface area contributed by atoms with Crippen molar-refractivity contribution in [2.24, 2.45) is 0 Å². The van der Waals surface area contributed by atoms with Gasteiger partial charge in [0, 0.05) is 31.9 Å². The summed E-state index contributed by atoms with van der Waals surface area (Å²) in [6.07, 6.45) is 1.48.